The summed E-state index contributed by atoms with van der Waals surface area (Å²) in [4.78, 5) is 34.1. The zero-order valence-corrected chi connectivity index (χ0v) is 20.3. The van der Waals surface area contributed by atoms with E-state index < -0.39 is 12.1 Å². The molecular weight excluding hydrogens is 454 g/mol. The van der Waals surface area contributed by atoms with Crippen LogP contribution in [0.25, 0.3) is 5.82 Å². The maximum absolute atomic E-state index is 12.9. The van der Waals surface area contributed by atoms with Crippen molar-refractivity contribution in [1.82, 2.24) is 24.6 Å². The molecule has 0 spiro atoms. The number of pyridine rings is 1. The number of rotatable bonds is 6. The number of hydrogen-bond acceptors (Lipinski definition) is 6. The average Bonchev–Trinajstić information content (AvgIpc) is 3.17. The second-order valence-electron chi connectivity index (χ2n) is 8.47. The highest BCUT2D eigenvalue weighted by atomic mass is 35.5. The molecule has 1 aliphatic rings. The SMILES string of the molecule is Cc1cc(C)n(-c2ccc(Cl)c(C(=O)OC(C)C(=O)N3CCN(Cc4ccccc4)CC3)n2)n1. The smallest absolute Gasteiger partial charge is 0.359 e. The number of hydrogen-bond donors (Lipinski definition) is 0. The Labute approximate surface area is 204 Å². The fraction of sp³-hybridized carbons (Fsp3) is 0.360. The molecule has 34 heavy (non-hydrogen) atoms. The van der Waals surface area contributed by atoms with Gasteiger partial charge in [0.15, 0.2) is 17.6 Å². The van der Waals surface area contributed by atoms with E-state index in [1.165, 1.54) is 5.56 Å². The molecule has 1 atom stereocenters. The third kappa shape index (κ3) is 5.46. The zero-order chi connectivity index (χ0) is 24.2. The number of nitrogens with zero attached hydrogens (tertiary/aromatic N) is 5. The van der Waals surface area contributed by atoms with E-state index in [4.69, 9.17) is 16.3 Å². The van der Waals surface area contributed by atoms with E-state index in [-0.39, 0.29) is 16.6 Å². The lowest BCUT2D eigenvalue weighted by Gasteiger charge is -2.35. The number of aryl methyl sites for hydroxylation is 2. The van der Waals surface area contributed by atoms with E-state index in [1.54, 1.807) is 28.6 Å². The fourth-order valence-corrected chi connectivity index (χ4v) is 4.23. The first-order chi connectivity index (χ1) is 16.3. The van der Waals surface area contributed by atoms with Crippen LogP contribution < -0.4 is 0 Å². The molecule has 8 nitrogen and oxygen atoms in total. The second kappa shape index (κ2) is 10.4. The van der Waals surface area contributed by atoms with Gasteiger partial charge in [-0.2, -0.15) is 5.10 Å². The molecule has 4 rings (SSSR count). The second-order valence-corrected chi connectivity index (χ2v) is 8.88. The van der Waals surface area contributed by atoms with Crippen molar-refractivity contribution in [2.75, 3.05) is 26.2 Å². The van der Waals surface area contributed by atoms with Gasteiger partial charge < -0.3 is 9.64 Å². The number of benzene rings is 1. The number of carbonyl (C=O) groups excluding carboxylic acids is 2. The number of ether oxygens (including phenoxy) is 1. The number of halogens is 1. The first-order valence-electron chi connectivity index (χ1n) is 11.3. The van der Waals surface area contributed by atoms with Gasteiger partial charge in [0.2, 0.25) is 0 Å². The highest BCUT2D eigenvalue weighted by Gasteiger charge is 2.28. The minimum Gasteiger partial charge on any atom is -0.448 e. The van der Waals surface area contributed by atoms with E-state index in [1.807, 2.05) is 38.1 Å². The van der Waals surface area contributed by atoms with Crippen molar-refractivity contribution in [1.29, 1.82) is 0 Å². The number of carbonyl (C=O) groups is 2. The number of amides is 1. The highest BCUT2D eigenvalue weighted by molar-refractivity contribution is 6.33. The molecule has 0 aliphatic carbocycles. The molecule has 2 aromatic heterocycles. The van der Waals surface area contributed by atoms with Gasteiger partial charge in [-0.3, -0.25) is 9.69 Å². The molecule has 0 radical (unpaired) electrons. The molecule has 178 valence electrons. The predicted octanol–water partition coefficient (Wildman–Crippen LogP) is 3.43. The van der Waals surface area contributed by atoms with Crippen LogP contribution in [0.1, 0.15) is 34.4 Å². The molecule has 1 fully saturated rings. The van der Waals surface area contributed by atoms with Gasteiger partial charge in [0.25, 0.3) is 5.91 Å². The largest absolute Gasteiger partial charge is 0.448 e. The summed E-state index contributed by atoms with van der Waals surface area (Å²) in [7, 11) is 0. The average molecular weight is 482 g/mol. The van der Waals surface area contributed by atoms with Gasteiger partial charge in [-0.25, -0.2) is 14.5 Å². The summed E-state index contributed by atoms with van der Waals surface area (Å²) < 4.78 is 7.09. The van der Waals surface area contributed by atoms with Gasteiger partial charge in [-0.15, -0.1) is 0 Å². The van der Waals surface area contributed by atoms with Crippen molar-refractivity contribution in [3.8, 4) is 5.82 Å². The van der Waals surface area contributed by atoms with Crippen LogP contribution in [0.4, 0.5) is 0 Å². The maximum atomic E-state index is 12.9. The van der Waals surface area contributed by atoms with Gasteiger partial charge in [0.05, 0.1) is 10.7 Å². The monoisotopic (exact) mass is 481 g/mol. The number of piperazine rings is 1. The van der Waals surface area contributed by atoms with Gasteiger partial charge in [0.1, 0.15) is 0 Å². The summed E-state index contributed by atoms with van der Waals surface area (Å²) in [6.07, 6.45) is -0.941. The van der Waals surface area contributed by atoms with Crippen LogP contribution in [0, 0.1) is 13.8 Å². The Morgan fingerprint density at radius 1 is 1.06 bits per heavy atom. The lowest BCUT2D eigenvalue weighted by molar-refractivity contribution is -0.141. The van der Waals surface area contributed by atoms with Crippen LogP contribution >= 0.6 is 11.6 Å². The maximum Gasteiger partial charge on any atom is 0.359 e. The number of esters is 1. The molecular formula is C25H28ClN5O3. The lowest BCUT2D eigenvalue weighted by atomic mass is 10.2. The minimum absolute atomic E-state index is 0.0425. The molecule has 1 saturated heterocycles. The Kier molecular flexibility index (Phi) is 7.29. The Morgan fingerprint density at radius 3 is 2.41 bits per heavy atom. The minimum atomic E-state index is -0.941. The Hall–Kier alpha value is -3.23. The third-order valence-electron chi connectivity index (χ3n) is 5.82. The normalized spacial score (nSPS) is 15.2. The van der Waals surface area contributed by atoms with Crippen molar-refractivity contribution in [2.45, 2.75) is 33.4 Å². The summed E-state index contributed by atoms with van der Waals surface area (Å²) in [6.45, 7) is 8.90. The quantitative estimate of drug-likeness (QED) is 0.502. The van der Waals surface area contributed by atoms with E-state index in [0.717, 1.165) is 31.0 Å². The highest BCUT2D eigenvalue weighted by Crippen LogP contribution is 2.20. The van der Waals surface area contributed by atoms with Gasteiger partial charge >= 0.3 is 5.97 Å². The molecule has 1 amide bonds. The molecule has 0 N–H and O–H groups in total. The fourth-order valence-electron chi connectivity index (χ4n) is 4.05. The van der Waals surface area contributed by atoms with Crippen LogP contribution in [0.3, 0.4) is 0 Å². The summed E-state index contributed by atoms with van der Waals surface area (Å²) in [5.74, 6) is -0.508. The summed E-state index contributed by atoms with van der Waals surface area (Å²) in [5.41, 5.74) is 2.92. The van der Waals surface area contributed by atoms with Crippen molar-refractivity contribution < 1.29 is 14.3 Å². The van der Waals surface area contributed by atoms with E-state index in [0.29, 0.717) is 18.9 Å². The van der Waals surface area contributed by atoms with Crippen molar-refractivity contribution in [2.24, 2.45) is 0 Å². The zero-order valence-electron chi connectivity index (χ0n) is 19.6. The molecule has 0 saturated carbocycles. The number of aromatic nitrogens is 3. The summed E-state index contributed by atoms with van der Waals surface area (Å²) >= 11 is 6.22. The molecule has 9 heteroatoms. The van der Waals surface area contributed by atoms with E-state index in [9.17, 15) is 9.59 Å². The standard InChI is InChI=1S/C25H28ClN5O3/c1-17-15-18(2)31(28-17)22-10-9-21(26)23(27-22)25(33)34-19(3)24(32)30-13-11-29(12-14-30)16-20-7-5-4-6-8-20/h4-10,15,19H,11-14,16H2,1-3H3. The molecule has 3 heterocycles. The van der Waals surface area contributed by atoms with Crippen LogP contribution in [0.15, 0.2) is 48.5 Å². The third-order valence-corrected chi connectivity index (χ3v) is 6.12. The van der Waals surface area contributed by atoms with Crippen LogP contribution in [-0.4, -0.2) is 68.7 Å². The predicted molar refractivity (Wildman–Crippen MR) is 129 cm³/mol. The Morgan fingerprint density at radius 2 is 1.76 bits per heavy atom. The van der Waals surface area contributed by atoms with E-state index >= 15 is 0 Å². The first-order valence-corrected chi connectivity index (χ1v) is 11.7. The summed E-state index contributed by atoms with van der Waals surface area (Å²) in [5, 5.41) is 4.54. The molecule has 1 aromatic carbocycles. The first kappa shape index (κ1) is 23.9. The van der Waals surface area contributed by atoms with Gasteiger partial charge in [0, 0.05) is 38.4 Å². The Bertz CT molecular complexity index is 1170. The van der Waals surface area contributed by atoms with Crippen molar-refractivity contribution in [3.63, 3.8) is 0 Å². The van der Waals surface area contributed by atoms with Gasteiger partial charge in [-0.1, -0.05) is 41.9 Å². The molecule has 3 aromatic rings. The topological polar surface area (TPSA) is 80.6 Å². The van der Waals surface area contributed by atoms with Gasteiger partial charge in [-0.05, 0) is 44.5 Å². The van der Waals surface area contributed by atoms with Crippen molar-refractivity contribution in [3.05, 3.63) is 76.2 Å². The van der Waals surface area contributed by atoms with Crippen LogP contribution in [0.5, 0.6) is 0 Å². The Balaban J connectivity index is 1.36. The van der Waals surface area contributed by atoms with Crippen LogP contribution in [-0.2, 0) is 16.1 Å². The van der Waals surface area contributed by atoms with Crippen molar-refractivity contribution >= 4 is 23.5 Å². The molecule has 1 aliphatic heterocycles. The lowest BCUT2D eigenvalue weighted by Crippen LogP contribution is -2.51. The molecule has 1 unspecified atom stereocenters. The summed E-state index contributed by atoms with van der Waals surface area (Å²) in [6, 6.07) is 15.4. The van der Waals surface area contributed by atoms with E-state index in [2.05, 4.69) is 27.1 Å². The van der Waals surface area contributed by atoms with Crippen LogP contribution in [0.2, 0.25) is 5.02 Å². The molecule has 0 bridgehead atoms.